The molecular weight excluding hydrogens is 286 g/mol. The van der Waals surface area contributed by atoms with Gasteiger partial charge in [0.05, 0.1) is 4.92 Å². The maximum Gasteiger partial charge on any atom is 0.348 e. The molecule has 108 valence electrons. The average Bonchev–Trinajstić information content (AvgIpc) is 2.63. The molecular formula is C11H14ClN5O3. The Balaban J connectivity index is 2.26. The van der Waals surface area contributed by atoms with Gasteiger partial charge in [-0.3, -0.25) is 14.9 Å². The lowest BCUT2D eigenvalue weighted by atomic mass is 10.3. The molecule has 20 heavy (non-hydrogen) atoms. The molecule has 1 fully saturated rings. The molecule has 0 bridgehead atoms. The highest BCUT2D eigenvalue weighted by Crippen LogP contribution is 2.31. The molecule has 0 spiro atoms. The first-order chi connectivity index (χ1) is 9.50. The Morgan fingerprint density at radius 2 is 2.10 bits per heavy atom. The van der Waals surface area contributed by atoms with Gasteiger partial charge in [0.25, 0.3) is 0 Å². The summed E-state index contributed by atoms with van der Waals surface area (Å²) in [6, 6.07) is 0. The normalized spacial score (nSPS) is 15.9. The van der Waals surface area contributed by atoms with E-state index in [4.69, 9.17) is 11.6 Å². The second kappa shape index (κ2) is 6.00. The summed E-state index contributed by atoms with van der Waals surface area (Å²) >= 11 is 5.78. The molecule has 0 radical (unpaired) electrons. The zero-order valence-corrected chi connectivity index (χ0v) is 11.7. The summed E-state index contributed by atoms with van der Waals surface area (Å²) in [6.07, 6.45) is 1.93. The monoisotopic (exact) mass is 299 g/mol. The van der Waals surface area contributed by atoms with Crippen LogP contribution in [0.3, 0.4) is 0 Å². The first-order valence-electron chi connectivity index (χ1n) is 6.16. The van der Waals surface area contributed by atoms with Crippen LogP contribution in [-0.2, 0) is 4.79 Å². The average molecular weight is 300 g/mol. The molecule has 1 aliphatic heterocycles. The highest BCUT2D eigenvalue weighted by atomic mass is 35.5. The van der Waals surface area contributed by atoms with E-state index in [0.717, 1.165) is 6.42 Å². The lowest BCUT2D eigenvalue weighted by Gasteiger charge is -2.21. The van der Waals surface area contributed by atoms with Crippen LogP contribution in [0.5, 0.6) is 0 Å². The van der Waals surface area contributed by atoms with Crippen molar-refractivity contribution in [2.75, 3.05) is 31.1 Å². The highest BCUT2D eigenvalue weighted by Gasteiger charge is 2.27. The molecule has 0 aromatic carbocycles. The van der Waals surface area contributed by atoms with E-state index in [2.05, 4.69) is 9.97 Å². The number of carbonyl (C=O) groups excluding carboxylic acids is 1. The standard InChI is InChI=1S/C11H14ClN5O3/c1-8(18)15-3-2-4-16(6-5-15)11-9(17(19)20)10(12)13-7-14-11/h7H,2-6H2,1H3. The minimum absolute atomic E-state index is 0.00192. The van der Waals surface area contributed by atoms with Gasteiger partial charge in [0.1, 0.15) is 6.33 Å². The molecule has 9 heteroatoms. The van der Waals surface area contributed by atoms with Crippen LogP contribution in [0.2, 0.25) is 5.15 Å². The third kappa shape index (κ3) is 2.96. The van der Waals surface area contributed by atoms with E-state index >= 15 is 0 Å². The number of hydrogen-bond acceptors (Lipinski definition) is 6. The van der Waals surface area contributed by atoms with Crippen LogP contribution in [0.15, 0.2) is 6.33 Å². The molecule has 8 nitrogen and oxygen atoms in total. The van der Waals surface area contributed by atoms with Crippen LogP contribution < -0.4 is 4.90 Å². The Morgan fingerprint density at radius 1 is 1.35 bits per heavy atom. The lowest BCUT2D eigenvalue weighted by molar-refractivity contribution is -0.384. The number of hydrogen-bond donors (Lipinski definition) is 0. The van der Waals surface area contributed by atoms with Crippen LogP contribution in [0.1, 0.15) is 13.3 Å². The van der Waals surface area contributed by atoms with Crippen molar-refractivity contribution in [1.29, 1.82) is 0 Å². The fourth-order valence-corrected chi connectivity index (χ4v) is 2.38. The fraction of sp³-hybridized carbons (Fsp3) is 0.545. The predicted octanol–water partition coefficient (Wildman–Crippen LogP) is 1.10. The summed E-state index contributed by atoms with van der Waals surface area (Å²) in [6.45, 7) is 3.72. The first kappa shape index (κ1) is 14.4. The van der Waals surface area contributed by atoms with E-state index in [0.29, 0.717) is 26.2 Å². The van der Waals surface area contributed by atoms with Gasteiger partial charge in [-0.05, 0) is 6.42 Å². The Hall–Kier alpha value is -1.96. The zero-order valence-electron chi connectivity index (χ0n) is 11.0. The molecule has 1 aromatic heterocycles. The lowest BCUT2D eigenvalue weighted by Crippen LogP contribution is -2.34. The van der Waals surface area contributed by atoms with Gasteiger partial charge in [0.2, 0.25) is 16.9 Å². The third-order valence-electron chi connectivity index (χ3n) is 3.18. The summed E-state index contributed by atoms with van der Waals surface area (Å²) in [7, 11) is 0. The number of rotatable bonds is 2. The fourth-order valence-electron chi connectivity index (χ4n) is 2.18. The zero-order chi connectivity index (χ0) is 14.7. The van der Waals surface area contributed by atoms with Gasteiger partial charge in [0, 0.05) is 33.1 Å². The predicted molar refractivity (Wildman–Crippen MR) is 72.8 cm³/mol. The van der Waals surface area contributed by atoms with Gasteiger partial charge in [-0.25, -0.2) is 9.97 Å². The quantitative estimate of drug-likeness (QED) is 0.461. The summed E-state index contributed by atoms with van der Waals surface area (Å²) in [5, 5.41) is 10.9. The van der Waals surface area contributed by atoms with Gasteiger partial charge in [-0.2, -0.15) is 0 Å². The van der Waals surface area contributed by atoms with E-state index in [1.165, 1.54) is 13.3 Å². The van der Waals surface area contributed by atoms with Gasteiger partial charge in [-0.15, -0.1) is 0 Å². The van der Waals surface area contributed by atoms with Crippen molar-refractivity contribution in [3.63, 3.8) is 0 Å². The van der Waals surface area contributed by atoms with Crippen LogP contribution in [0.4, 0.5) is 11.5 Å². The molecule has 0 N–H and O–H groups in total. The molecule has 2 heterocycles. The van der Waals surface area contributed by atoms with Crippen molar-refractivity contribution in [3.05, 3.63) is 21.6 Å². The largest absolute Gasteiger partial charge is 0.349 e. The highest BCUT2D eigenvalue weighted by molar-refractivity contribution is 6.31. The summed E-state index contributed by atoms with van der Waals surface area (Å²) < 4.78 is 0. The molecule has 0 aliphatic carbocycles. The van der Waals surface area contributed by atoms with E-state index < -0.39 is 4.92 Å². The van der Waals surface area contributed by atoms with Crippen molar-refractivity contribution < 1.29 is 9.72 Å². The van der Waals surface area contributed by atoms with Crippen LogP contribution in [0, 0.1) is 10.1 Å². The maximum atomic E-state index is 11.4. The number of aromatic nitrogens is 2. The summed E-state index contributed by atoms with van der Waals surface area (Å²) in [5.74, 6) is 0.211. The Bertz CT molecular complexity index is 539. The number of halogens is 1. The number of amides is 1. The Kier molecular flexibility index (Phi) is 4.33. The molecule has 1 amide bonds. The third-order valence-corrected chi connectivity index (χ3v) is 3.46. The van der Waals surface area contributed by atoms with E-state index in [1.54, 1.807) is 9.80 Å². The Morgan fingerprint density at radius 3 is 2.75 bits per heavy atom. The van der Waals surface area contributed by atoms with Crippen molar-refractivity contribution in [2.24, 2.45) is 0 Å². The Labute approximate surface area is 120 Å². The van der Waals surface area contributed by atoms with E-state index in [1.807, 2.05) is 0 Å². The SMILES string of the molecule is CC(=O)N1CCCN(c2ncnc(Cl)c2[N+](=O)[O-])CC1. The molecule has 0 atom stereocenters. The molecule has 0 saturated carbocycles. The number of nitrogens with zero attached hydrogens (tertiary/aromatic N) is 5. The molecule has 1 aliphatic rings. The van der Waals surface area contributed by atoms with Gasteiger partial charge >= 0.3 is 5.69 Å². The number of nitro groups is 1. The minimum atomic E-state index is -0.578. The topological polar surface area (TPSA) is 92.5 Å². The maximum absolute atomic E-state index is 11.4. The summed E-state index contributed by atoms with van der Waals surface area (Å²) in [4.78, 5) is 33.0. The van der Waals surface area contributed by atoms with Crippen LogP contribution in [-0.4, -0.2) is 51.9 Å². The van der Waals surface area contributed by atoms with Crippen LogP contribution in [0.25, 0.3) is 0 Å². The van der Waals surface area contributed by atoms with Crippen molar-refractivity contribution >= 4 is 29.0 Å². The second-order valence-electron chi connectivity index (χ2n) is 4.44. The van der Waals surface area contributed by atoms with Crippen molar-refractivity contribution in [3.8, 4) is 0 Å². The molecule has 0 unspecified atom stereocenters. The van der Waals surface area contributed by atoms with Gasteiger partial charge in [0.15, 0.2) is 0 Å². The van der Waals surface area contributed by atoms with E-state index in [9.17, 15) is 14.9 Å². The number of carbonyl (C=O) groups is 1. The summed E-state index contributed by atoms with van der Waals surface area (Å²) in [5.41, 5.74) is -0.287. The van der Waals surface area contributed by atoms with Crippen molar-refractivity contribution in [2.45, 2.75) is 13.3 Å². The minimum Gasteiger partial charge on any atom is -0.349 e. The first-order valence-corrected chi connectivity index (χ1v) is 6.54. The van der Waals surface area contributed by atoms with Crippen LogP contribution >= 0.6 is 11.6 Å². The van der Waals surface area contributed by atoms with Gasteiger partial charge in [-0.1, -0.05) is 11.6 Å². The number of anilines is 1. The van der Waals surface area contributed by atoms with E-state index in [-0.39, 0.29) is 22.6 Å². The molecule has 1 saturated heterocycles. The second-order valence-corrected chi connectivity index (χ2v) is 4.80. The van der Waals surface area contributed by atoms with Gasteiger partial charge < -0.3 is 9.80 Å². The molecule has 2 rings (SSSR count). The smallest absolute Gasteiger partial charge is 0.348 e. The molecule has 1 aromatic rings. The van der Waals surface area contributed by atoms with Crippen molar-refractivity contribution in [1.82, 2.24) is 14.9 Å².